The average Bonchev–Trinajstić information content (AvgIpc) is 2.85. The Morgan fingerprint density at radius 1 is 1.00 bits per heavy atom. The molecular weight excluding hydrogens is 369 g/mol. The fourth-order valence-corrected chi connectivity index (χ4v) is 3.97. The molecule has 0 spiro atoms. The molecule has 2 N–H and O–H groups in total. The maximum absolute atomic E-state index is 6.21. The third kappa shape index (κ3) is 3.54. The van der Waals surface area contributed by atoms with Gasteiger partial charge in [0.1, 0.15) is 0 Å². The lowest BCUT2D eigenvalue weighted by atomic mass is 9.60. The van der Waals surface area contributed by atoms with Gasteiger partial charge in [0.25, 0.3) is 0 Å². The van der Waals surface area contributed by atoms with Gasteiger partial charge in [0.05, 0.1) is 11.2 Å². The molecule has 0 amide bonds. The Bertz CT molecular complexity index is 860. The van der Waals surface area contributed by atoms with Gasteiger partial charge in [-0.15, -0.1) is 11.6 Å². The number of hydrogen-bond donors (Lipinski definition) is 2. The number of rotatable bonds is 5. The predicted molar refractivity (Wildman–Crippen MR) is 121 cm³/mol. The van der Waals surface area contributed by atoms with Gasteiger partial charge in [-0.25, -0.2) is 0 Å². The minimum absolute atomic E-state index is 0.0252. The highest BCUT2D eigenvalue weighted by atomic mass is 35.5. The Hall–Kier alpha value is -1.62. The van der Waals surface area contributed by atoms with Gasteiger partial charge in [-0.1, -0.05) is 35.7 Å². The highest BCUT2D eigenvalue weighted by Crippen LogP contribution is 2.38. The molecule has 4 rings (SSSR count). The van der Waals surface area contributed by atoms with Crippen molar-refractivity contribution in [3.8, 4) is 0 Å². The Morgan fingerprint density at radius 2 is 1.57 bits per heavy atom. The quantitative estimate of drug-likeness (QED) is 0.533. The van der Waals surface area contributed by atoms with Crippen LogP contribution < -0.4 is 10.5 Å². The van der Waals surface area contributed by atoms with Crippen LogP contribution in [0.1, 0.15) is 40.5 Å². The van der Waals surface area contributed by atoms with Crippen LogP contribution in [0.4, 0.5) is 11.4 Å². The van der Waals surface area contributed by atoms with E-state index in [2.05, 4.69) is 80.5 Å². The first-order valence-electron chi connectivity index (χ1n) is 9.98. The maximum atomic E-state index is 6.21. The van der Waals surface area contributed by atoms with Crippen molar-refractivity contribution in [1.29, 1.82) is 0 Å². The van der Waals surface area contributed by atoms with Crippen molar-refractivity contribution in [3.63, 3.8) is 0 Å². The van der Waals surface area contributed by atoms with E-state index in [0.29, 0.717) is 5.88 Å². The van der Waals surface area contributed by atoms with Crippen molar-refractivity contribution in [2.75, 3.05) is 16.3 Å². The van der Waals surface area contributed by atoms with E-state index in [1.807, 2.05) is 0 Å². The van der Waals surface area contributed by atoms with Gasteiger partial charge in [-0.2, -0.15) is 0 Å². The normalized spacial score (nSPS) is 20.2. The topological polar surface area (TPSA) is 42.5 Å². The number of halogens is 1. The third-order valence-electron chi connectivity index (χ3n) is 6.10. The van der Waals surface area contributed by atoms with Crippen molar-refractivity contribution in [1.82, 2.24) is 0 Å². The Balaban J connectivity index is 1.64. The molecular formula is C21H27B2ClN2O2. The number of alkyl halides is 1. The zero-order valence-electron chi connectivity index (χ0n) is 17.0. The van der Waals surface area contributed by atoms with Crippen molar-refractivity contribution in [2.45, 2.75) is 51.7 Å². The Morgan fingerprint density at radius 3 is 2.11 bits per heavy atom. The number of benzene rings is 2. The van der Waals surface area contributed by atoms with Crippen LogP contribution in [0, 0.1) is 0 Å². The zero-order valence-corrected chi connectivity index (χ0v) is 17.8. The highest BCUT2D eigenvalue weighted by molar-refractivity contribution is 6.76. The van der Waals surface area contributed by atoms with Crippen molar-refractivity contribution < 1.29 is 9.31 Å². The second kappa shape index (κ2) is 7.33. The number of anilines is 2. The molecule has 0 atom stereocenters. The molecule has 2 aliphatic rings. The van der Waals surface area contributed by atoms with Crippen molar-refractivity contribution in [2.24, 2.45) is 0 Å². The Labute approximate surface area is 173 Å². The molecule has 2 aromatic carbocycles. The first kappa shape index (κ1) is 19.7. The fraction of sp³-hybridized carbons (Fsp3) is 0.429. The lowest BCUT2D eigenvalue weighted by Gasteiger charge is -2.32. The van der Waals surface area contributed by atoms with E-state index in [1.165, 1.54) is 16.2 Å². The molecule has 2 aliphatic heterocycles. The lowest BCUT2D eigenvalue weighted by molar-refractivity contribution is 0.00578. The molecule has 0 unspecified atom stereocenters. The molecule has 4 nitrogen and oxygen atoms in total. The molecule has 0 radical (unpaired) electrons. The molecule has 28 heavy (non-hydrogen) atoms. The van der Waals surface area contributed by atoms with Gasteiger partial charge in [-0.05, 0) is 58.1 Å². The lowest BCUT2D eigenvalue weighted by Crippen LogP contribution is -2.41. The molecule has 146 valence electrons. The summed E-state index contributed by atoms with van der Waals surface area (Å²) in [6.07, 6.45) is 1.77. The largest absolute Gasteiger partial charge is 0.486 e. The van der Waals surface area contributed by atoms with Gasteiger partial charge < -0.3 is 19.8 Å². The summed E-state index contributed by atoms with van der Waals surface area (Å²) < 4.78 is 12.4. The standard InChI is InChI=1S/C21H27B2ClN2O2/c1-20(2)21(3,4)28-22(27-20)14-16(10-7-13-24)23-25-17-11-5-8-15-9-6-12-18(26-23)19(15)17/h5-6,8-9,11-12,14,25-26H,7,10,13H2,1-4H3/b16-14-. The van der Waals surface area contributed by atoms with E-state index in [-0.39, 0.29) is 25.3 Å². The average molecular weight is 397 g/mol. The van der Waals surface area contributed by atoms with E-state index in [1.54, 1.807) is 0 Å². The van der Waals surface area contributed by atoms with Crippen molar-refractivity contribution in [3.05, 3.63) is 47.8 Å². The molecule has 1 saturated heterocycles. The molecule has 7 heteroatoms. The van der Waals surface area contributed by atoms with Crippen LogP contribution in [-0.2, 0) is 9.31 Å². The summed E-state index contributed by atoms with van der Waals surface area (Å²) in [5.74, 6) is 2.74. The van der Waals surface area contributed by atoms with Crippen molar-refractivity contribution >= 4 is 47.8 Å². The van der Waals surface area contributed by atoms with E-state index in [9.17, 15) is 0 Å². The summed E-state index contributed by atoms with van der Waals surface area (Å²) in [6.45, 7) is 8.28. The molecule has 0 aromatic heterocycles. The van der Waals surface area contributed by atoms with Crippen LogP contribution in [0.2, 0.25) is 0 Å². The van der Waals surface area contributed by atoms with Crippen LogP contribution in [0.25, 0.3) is 10.8 Å². The van der Waals surface area contributed by atoms with Gasteiger partial charge >= 0.3 is 14.1 Å². The summed E-state index contributed by atoms with van der Waals surface area (Å²) in [5.41, 5.74) is 2.78. The monoisotopic (exact) mass is 396 g/mol. The summed E-state index contributed by atoms with van der Waals surface area (Å²) in [4.78, 5) is 0. The SMILES string of the molecule is CC1(C)OB(/C=C(/CCCCl)B2Nc3cccc4cccc(c34)N2)OC1(C)C. The van der Waals surface area contributed by atoms with E-state index >= 15 is 0 Å². The second-order valence-corrected chi connectivity index (χ2v) is 8.97. The first-order valence-corrected chi connectivity index (χ1v) is 10.5. The first-order chi connectivity index (χ1) is 13.3. The molecule has 2 aromatic rings. The number of nitrogens with one attached hydrogen (secondary N) is 2. The maximum Gasteiger partial charge on any atom is 0.486 e. The predicted octanol–water partition coefficient (Wildman–Crippen LogP) is 5.28. The number of allylic oxidation sites excluding steroid dienone is 1. The van der Waals surface area contributed by atoms with Crippen LogP contribution in [-0.4, -0.2) is 31.2 Å². The second-order valence-electron chi connectivity index (χ2n) is 8.59. The molecule has 1 fully saturated rings. The van der Waals surface area contributed by atoms with Gasteiger partial charge in [-0.3, -0.25) is 0 Å². The van der Waals surface area contributed by atoms with Crippen LogP contribution in [0.3, 0.4) is 0 Å². The summed E-state index contributed by atoms with van der Waals surface area (Å²) in [7, 11) is -0.369. The van der Waals surface area contributed by atoms with Crippen LogP contribution >= 0.6 is 11.6 Å². The molecule has 0 bridgehead atoms. The Kier molecular flexibility index (Phi) is 5.15. The minimum Gasteiger partial charge on any atom is -0.405 e. The summed E-state index contributed by atoms with van der Waals surface area (Å²) >= 11 is 6.01. The third-order valence-corrected chi connectivity index (χ3v) is 6.36. The van der Waals surface area contributed by atoms with E-state index in [0.717, 1.165) is 24.2 Å². The number of hydrogen-bond acceptors (Lipinski definition) is 4. The highest BCUT2D eigenvalue weighted by Gasteiger charge is 2.50. The van der Waals surface area contributed by atoms with Crippen LogP contribution in [0.15, 0.2) is 47.8 Å². The smallest absolute Gasteiger partial charge is 0.405 e. The van der Waals surface area contributed by atoms with Gasteiger partial charge in [0.15, 0.2) is 0 Å². The molecule has 0 aliphatic carbocycles. The van der Waals surface area contributed by atoms with Gasteiger partial charge in [0.2, 0.25) is 0 Å². The van der Waals surface area contributed by atoms with E-state index in [4.69, 9.17) is 20.9 Å². The summed E-state index contributed by atoms with van der Waals surface area (Å²) in [6, 6.07) is 12.7. The van der Waals surface area contributed by atoms with Gasteiger partial charge in [0, 0.05) is 22.6 Å². The van der Waals surface area contributed by atoms with E-state index < -0.39 is 0 Å². The zero-order chi connectivity index (χ0) is 19.9. The molecule has 0 saturated carbocycles. The minimum atomic E-state index is -0.369. The van der Waals surface area contributed by atoms with Crippen LogP contribution in [0.5, 0.6) is 0 Å². The fourth-order valence-electron chi connectivity index (χ4n) is 3.84. The summed E-state index contributed by atoms with van der Waals surface area (Å²) in [5, 5.41) is 9.76. The molecule has 2 heterocycles.